The van der Waals surface area contributed by atoms with Crippen molar-refractivity contribution in [1.82, 2.24) is 30.3 Å². The van der Waals surface area contributed by atoms with E-state index in [9.17, 15) is 9.59 Å². The van der Waals surface area contributed by atoms with Crippen LogP contribution in [0.5, 0.6) is 0 Å². The van der Waals surface area contributed by atoms with E-state index >= 15 is 0 Å². The normalized spacial score (nSPS) is 28.8. The van der Waals surface area contributed by atoms with Gasteiger partial charge >= 0.3 is 0 Å². The number of fused-ring (bicyclic) bond motifs is 6. The number of aromatic nitrogens is 3. The van der Waals surface area contributed by atoms with Crippen molar-refractivity contribution < 1.29 is 9.59 Å². The van der Waals surface area contributed by atoms with Crippen LogP contribution in [0.4, 0.5) is 0 Å². The molecule has 2 aliphatic heterocycles. The summed E-state index contributed by atoms with van der Waals surface area (Å²) in [4.78, 5) is 31.8. The standard InChI is InChI=1S/C23H33N7O2/c1-2-24-23(26-14-18-28-27-17-7-4-3-5-11-29(17)18)25-10-6-12-30-21(31)19-15-8-9-16(13-15)20(19)22(30)32/h8-9,15-16,19-20H,2-7,10-14H2,1H3,(H2,24,25,26). The zero-order chi connectivity index (χ0) is 22.1. The van der Waals surface area contributed by atoms with Crippen molar-refractivity contribution in [3.63, 3.8) is 0 Å². The molecular weight excluding hydrogens is 406 g/mol. The smallest absolute Gasteiger partial charge is 0.233 e. The fourth-order valence-electron chi connectivity index (χ4n) is 5.78. The van der Waals surface area contributed by atoms with E-state index in [1.165, 1.54) is 17.7 Å². The summed E-state index contributed by atoms with van der Waals surface area (Å²) in [6.07, 6.45) is 10.5. The fraction of sp³-hybridized carbons (Fsp3) is 0.696. The van der Waals surface area contributed by atoms with Crippen LogP contribution in [0.15, 0.2) is 17.1 Å². The van der Waals surface area contributed by atoms with Crippen LogP contribution in [0.3, 0.4) is 0 Å². The molecule has 1 aromatic heterocycles. The van der Waals surface area contributed by atoms with E-state index in [2.05, 4.69) is 42.5 Å². The first-order valence-corrected chi connectivity index (χ1v) is 12.1. The Morgan fingerprint density at radius 2 is 1.88 bits per heavy atom. The molecule has 0 radical (unpaired) electrons. The fourth-order valence-corrected chi connectivity index (χ4v) is 5.78. The third-order valence-corrected chi connectivity index (χ3v) is 7.32. The number of carbonyl (C=O) groups excluding carboxylic acids is 2. The lowest BCUT2D eigenvalue weighted by atomic mass is 9.85. The molecule has 4 atom stereocenters. The van der Waals surface area contributed by atoms with E-state index in [1.54, 1.807) is 0 Å². The molecule has 2 N–H and O–H groups in total. The molecule has 9 heteroatoms. The molecule has 0 spiro atoms. The molecule has 2 fully saturated rings. The van der Waals surface area contributed by atoms with Crippen LogP contribution in [0.1, 0.15) is 50.7 Å². The molecule has 2 aliphatic carbocycles. The van der Waals surface area contributed by atoms with Crippen LogP contribution in [-0.2, 0) is 29.1 Å². The first-order chi connectivity index (χ1) is 15.7. The Labute approximate surface area is 188 Å². The number of carbonyl (C=O) groups is 2. The number of likely N-dealkylation sites (tertiary alicyclic amines) is 1. The molecule has 4 unspecified atom stereocenters. The Hall–Kier alpha value is -2.71. The van der Waals surface area contributed by atoms with Crippen molar-refractivity contribution in [3.8, 4) is 0 Å². The van der Waals surface area contributed by atoms with Crippen molar-refractivity contribution in [2.24, 2.45) is 28.7 Å². The minimum atomic E-state index is -0.109. The molecule has 0 aromatic carbocycles. The Morgan fingerprint density at radius 3 is 2.62 bits per heavy atom. The maximum Gasteiger partial charge on any atom is 0.233 e. The van der Waals surface area contributed by atoms with Gasteiger partial charge in [0, 0.05) is 32.6 Å². The number of amides is 2. The monoisotopic (exact) mass is 439 g/mol. The highest BCUT2D eigenvalue weighted by atomic mass is 16.2. The van der Waals surface area contributed by atoms with Gasteiger partial charge in [-0.25, -0.2) is 4.99 Å². The zero-order valence-electron chi connectivity index (χ0n) is 18.8. The summed E-state index contributed by atoms with van der Waals surface area (Å²) in [6.45, 7) is 5.34. The van der Waals surface area contributed by atoms with E-state index in [0.29, 0.717) is 26.1 Å². The van der Waals surface area contributed by atoms with Gasteiger partial charge in [0.15, 0.2) is 11.8 Å². The highest BCUT2D eigenvalue weighted by Gasteiger charge is 2.58. The quantitative estimate of drug-likeness (QED) is 0.218. The number of nitrogens with zero attached hydrogens (tertiary/aromatic N) is 5. The van der Waals surface area contributed by atoms with Crippen LogP contribution in [-0.4, -0.2) is 57.1 Å². The first-order valence-electron chi connectivity index (χ1n) is 12.1. The van der Waals surface area contributed by atoms with Gasteiger partial charge in [0.25, 0.3) is 0 Å². The molecule has 32 heavy (non-hydrogen) atoms. The molecule has 1 aromatic rings. The minimum absolute atomic E-state index is 0.0323. The van der Waals surface area contributed by atoms with Gasteiger partial charge in [-0.05, 0) is 44.4 Å². The molecule has 3 heterocycles. The summed E-state index contributed by atoms with van der Waals surface area (Å²) in [7, 11) is 0. The third kappa shape index (κ3) is 3.82. The molecule has 172 valence electrons. The van der Waals surface area contributed by atoms with Gasteiger partial charge < -0.3 is 15.2 Å². The maximum atomic E-state index is 12.8. The summed E-state index contributed by atoms with van der Waals surface area (Å²) in [5, 5.41) is 15.3. The number of allylic oxidation sites excluding steroid dienone is 2. The molecule has 2 bridgehead atoms. The van der Waals surface area contributed by atoms with Crippen LogP contribution >= 0.6 is 0 Å². The van der Waals surface area contributed by atoms with Crippen LogP contribution in [0.2, 0.25) is 0 Å². The number of aryl methyl sites for hydroxylation is 1. The van der Waals surface area contributed by atoms with Gasteiger partial charge in [-0.15, -0.1) is 10.2 Å². The summed E-state index contributed by atoms with van der Waals surface area (Å²) in [5.41, 5.74) is 0. The van der Waals surface area contributed by atoms with Crippen molar-refractivity contribution in [2.45, 2.75) is 58.5 Å². The SMILES string of the molecule is CCNC(=NCc1nnc2n1CCCCC2)NCCCN1C(=O)C2C3C=CC(C3)C2C1=O. The molecular formula is C23H33N7O2. The Kier molecular flexibility index (Phi) is 5.97. The topological polar surface area (TPSA) is 105 Å². The van der Waals surface area contributed by atoms with Crippen LogP contribution in [0, 0.1) is 23.7 Å². The first kappa shape index (κ1) is 21.2. The van der Waals surface area contributed by atoms with Crippen LogP contribution < -0.4 is 10.6 Å². The van der Waals surface area contributed by atoms with Gasteiger partial charge in [0.2, 0.25) is 11.8 Å². The predicted molar refractivity (Wildman–Crippen MR) is 119 cm³/mol. The maximum absolute atomic E-state index is 12.8. The van der Waals surface area contributed by atoms with Gasteiger partial charge in [0.05, 0.1) is 11.8 Å². The number of rotatable bonds is 7. The van der Waals surface area contributed by atoms with Crippen molar-refractivity contribution >= 4 is 17.8 Å². The lowest BCUT2D eigenvalue weighted by molar-refractivity contribution is -0.140. The lowest BCUT2D eigenvalue weighted by Crippen LogP contribution is -2.40. The predicted octanol–water partition coefficient (Wildman–Crippen LogP) is 1.26. The summed E-state index contributed by atoms with van der Waals surface area (Å²) in [5.74, 6) is 3.08. The third-order valence-electron chi connectivity index (χ3n) is 7.32. The zero-order valence-corrected chi connectivity index (χ0v) is 18.8. The summed E-state index contributed by atoms with van der Waals surface area (Å²) < 4.78 is 2.21. The van der Waals surface area contributed by atoms with Gasteiger partial charge in [0.1, 0.15) is 12.4 Å². The molecule has 9 nitrogen and oxygen atoms in total. The van der Waals surface area contributed by atoms with E-state index in [-0.39, 0.29) is 35.5 Å². The molecule has 1 saturated carbocycles. The van der Waals surface area contributed by atoms with Crippen molar-refractivity contribution in [3.05, 3.63) is 23.8 Å². The summed E-state index contributed by atoms with van der Waals surface area (Å²) >= 11 is 0. The largest absolute Gasteiger partial charge is 0.357 e. The second-order valence-corrected chi connectivity index (χ2v) is 9.30. The number of aliphatic imine (C=N–C) groups is 1. The molecule has 1 saturated heterocycles. The van der Waals surface area contributed by atoms with Crippen molar-refractivity contribution in [2.75, 3.05) is 19.6 Å². The lowest BCUT2D eigenvalue weighted by Gasteiger charge is -2.18. The number of nitrogens with one attached hydrogen (secondary N) is 2. The Morgan fingerprint density at radius 1 is 1.09 bits per heavy atom. The molecule has 4 aliphatic rings. The van der Waals surface area contributed by atoms with Gasteiger partial charge in [-0.2, -0.15) is 0 Å². The number of guanidine groups is 1. The number of hydrogen-bond donors (Lipinski definition) is 2. The highest BCUT2D eigenvalue weighted by Crippen LogP contribution is 2.52. The van der Waals surface area contributed by atoms with Crippen molar-refractivity contribution in [1.29, 1.82) is 0 Å². The summed E-state index contributed by atoms with van der Waals surface area (Å²) in [6, 6.07) is 0. The van der Waals surface area contributed by atoms with E-state index < -0.39 is 0 Å². The average Bonchev–Trinajstić information content (AvgIpc) is 3.52. The second kappa shape index (κ2) is 9.03. The van der Waals surface area contributed by atoms with Gasteiger partial charge in [-0.3, -0.25) is 14.5 Å². The van der Waals surface area contributed by atoms with E-state index in [4.69, 9.17) is 0 Å². The molecule has 5 rings (SSSR count). The second-order valence-electron chi connectivity index (χ2n) is 9.30. The highest BCUT2D eigenvalue weighted by molar-refractivity contribution is 6.06. The minimum Gasteiger partial charge on any atom is -0.357 e. The van der Waals surface area contributed by atoms with Crippen LogP contribution in [0.25, 0.3) is 0 Å². The van der Waals surface area contributed by atoms with E-state index in [0.717, 1.165) is 50.0 Å². The Balaban J connectivity index is 1.13. The molecule has 2 amide bonds. The Bertz CT molecular complexity index is 907. The van der Waals surface area contributed by atoms with E-state index in [1.807, 2.05) is 6.92 Å². The average molecular weight is 440 g/mol. The number of imide groups is 1. The van der Waals surface area contributed by atoms with Gasteiger partial charge in [-0.1, -0.05) is 18.6 Å². The number of hydrogen-bond acceptors (Lipinski definition) is 5.